The van der Waals surface area contributed by atoms with Crippen LogP contribution in [0.15, 0.2) is 18.2 Å². The maximum atomic E-state index is 13.1. The van der Waals surface area contributed by atoms with Gasteiger partial charge in [0.1, 0.15) is 5.82 Å². The lowest BCUT2D eigenvalue weighted by Gasteiger charge is -2.35. The summed E-state index contributed by atoms with van der Waals surface area (Å²) in [4.78, 5) is 2.31. The Kier molecular flexibility index (Phi) is 2.76. The summed E-state index contributed by atoms with van der Waals surface area (Å²) in [7, 11) is 0. The largest absolute Gasteiger partial charge is 0.323 e. The minimum Gasteiger partial charge on any atom is -0.323 e. The summed E-state index contributed by atoms with van der Waals surface area (Å²) < 4.78 is 13.1. The first-order valence-electron chi connectivity index (χ1n) is 5.36. The molecule has 1 aromatic rings. The first-order chi connectivity index (χ1) is 7.08. The molecule has 15 heavy (non-hydrogen) atoms. The number of rotatable bonds is 1. The van der Waals surface area contributed by atoms with E-state index in [0.717, 1.165) is 24.2 Å². The molecule has 0 bridgehead atoms. The van der Waals surface area contributed by atoms with Crippen LogP contribution in [0.3, 0.4) is 0 Å². The van der Waals surface area contributed by atoms with E-state index in [2.05, 4.69) is 18.7 Å². The van der Waals surface area contributed by atoms with Crippen molar-refractivity contribution in [2.45, 2.75) is 32.5 Å². The Balaban J connectivity index is 2.32. The minimum atomic E-state index is -0.192. The van der Waals surface area contributed by atoms with Crippen molar-refractivity contribution in [3.8, 4) is 0 Å². The highest BCUT2D eigenvalue weighted by Crippen LogP contribution is 2.26. The fourth-order valence-corrected chi connectivity index (χ4v) is 2.08. The average Bonchev–Trinajstić information content (AvgIpc) is 2.18. The molecule has 2 nitrogen and oxygen atoms in total. The van der Waals surface area contributed by atoms with Gasteiger partial charge in [0.2, 0.25) is 0 Å². The third-order valence-corrected chi connectivity index (χ3v) is 3.04. The van der Waals surface area contributed by atoms with E-state index in [4.69, 9.17) is 5.73 Å². The van der Waals surface area contributed by atoms with Gasteiger partial charge in [0.25, 0.3) is 0 Å². The molecule has 0 radical (unpaired) electrons. The molecule has 0 aliphatic carbocycles. The SMILES string of the molecule is CC(C)N1Cc2ccc(F)cc2C(N)C1. The van der Waals surface area contributed by atoms with Crippen LogP contribution in [0.5, 0.6) is 0 Å². The molecule has 0 fully saturated rings. The molecule has 1 atom stereocenters. The molecule has 1 heterocycles. The summed E-state index contributed by atoms with van der Waals surface area (Å²) >= 11 is 0. The van der Waals surface area contributed by atoms with Gasteiger partial charge < -0.3 is 5.73 Å². The molecular formula is C12H17FN2. The van der Waals surface area contributed by atoms with Gasteiger partial charge in [0.15, 0.2) is 0 Å². The Morgan fingerprint density at radius 1 is 1.47 bits per heavy atom. The van der Waals surface area contributed by atoms with Crippen LogP contribution in [0.2, 0.25) is 0 Å². The van der Waals surface area contributed by atoms with Crippen LogP contribution in [0.4, 0.5) is 4.39 Å². The Morgan fingerprint density at radius 2 is 2.20 bits per heavy atom. The van der Waals surface area contributed by atoms with Crippen LogP contribution in [-0.4, -0.2) is 17.5 Å². The molecular weight excluding hydrogens is 191 g/mol. The Morgan fingerprint density at radius 3 is 2.87 bits per heavy atom. The highest BCUT2D eigenvalue weighted by atomic mass is 19.1. The summed E-state index contributed by atoms with van der Waals surface area (Å²) in [5, 5.41) is 0. The number of nitrogens with two attached hydrogens (primary N) is 1. The minimum absolute atomic E-state index is 0.0631. The lowest BCUT2D eigenvalue weighted by molar-refractivity contribution is 0.185. The standard InChI is InChI=1S/C12H17FN2/c1-8(2)15-6-9-3-4-10(13)5-11(9)12(14)7-15/h3-5,8,12H,6-7,14H2,1-2H3. The van der Waals surface area contributed by atoms with Crippen LogP contribution in [-0.2, 0) is 6.54 Å². The van der Waals surface area contributed by atoms with Gasteiger partial charge in [0, 0.05) is 25.2 Å². The molecule has 82 valence electrons. The number of hydrogen-bond acceptors (Lipinski definition) is 2. The second-order valence-corrected chi connectivity index (χ2v) is 4.47. The second-order valence-electron chi connectivity index (χ2n) is 4.47. The summed E-state index contributed by atoms with van der Waals surface area (Å²) in [6.07, 6.45) is 0. The van der Waals surface area contributed by atoms with E-state index in [0.29, 0.717) is 6.04 Å². The number of hydrogen-bond donors (Lipinski definition) is 1. The van der Waals surface area contributed by atoms with Crippen molar-refractivity contribution in [2.24, 2.45) is 5.73 Å². The van der Waals surface area contributed by atoms with Crippen molar-refractivity contribution in [3.05, 3.63) is 35.1 Å². The fourth-order valence-electron chi connectivity index (χ4n) is 2.08. The van der Waals surface area contributed by atoms with Crippen LogP contribution >= 0.6 is 0 Å². The number of benzene rings is 1. The molecule has 1 aliphatic heterocycles. The van der Waals surface area contributed by atoms with E-state index in [1.54, 1.807) is 6.07 Å². The zero-order valence-corrected chi connectivity index (χ0v) is 9.20. The summed E-state index contributed by atoms with van der Waals surface area (Å²) in [6, 6.07) is 5.34. The molecule has 3 heteroatoms. The zero-order valence-electron chi connectivity index (χ0n) is 9.20. The second kappa shape index (κ2) is 3.91. The number of halogens is 1. The van der Waals surface area contributed by atoms with E-state index in [1.807, 2.05) is 6.07 Å². The van der Waals surface area contributed by atoms with Crippen molar-refractivity contribution in [2.75, 3.05) is 6.54 Å². The van der Waals surface area contributed by atoms with Gasteiger partial charge in [-0.05, 0) is 37.1 Å². The van der Waals surface area contributed by atoms with Gasteiger partial charge in [-0.1, -0.05) is 6.07 Å². The van der Waals surface area contributed by atoms with Gasteiger partial charge in [0.05, 0.1) is 0 Å². The van der Waals surface area contributed by atoms with Crippen molar-refractivity contribution in [1.82, 2.24) is 4.90 Å². The third kappa shape index (κ3) is 2.03. The van der Waals surface area contributed by atoms with Crippen molar-refractivity contribution < 1.29 is 4.39 Å². The number of fused-ring (bicyclic) bond motifs is 1. The molecule has 1 aliphatic rings. The highest BCUT2D eigenvalue weighted by molar-refractivity contribution is 5.32. The Labute approximate surface area is 89.9 Å². The summed E-state index contributed by atoms with van der Waals surface area (Å²) in [5.41, 5.74) is 8.16. The number of nitrogens with zero attached hydrogens (tertiary/aromatic N) is 1. The van der Waals surface area contributed by atoms with Crippen LogP contribution < -0.4 is 5.73 Å². The highest BCUT2D eigenvalue weighted by Gasteiger charge is 2.24. The van der Waals surface area contributed by atoms with Gasteiger partial charge >= 0.3 is 0 Å². The van der Waals surface area contributed by atoms with Crippen molar-refractivity contribution >= 4 is 0 Å². The quantitative estimate of drug-likeness (QED) is 0.765. The van der Waals surface area contributed by atoms with E-state index in [-0.39, 0.29) is 11.9 Å². The Bertz CT molecular complexity index is 363. The van der Waals surface area contributed by atoms with E-state index in [9.17, 15) is 4.39 Å². The normalized spacial score (nSPS) is 21.8. The van der Waals surface area contributed by atoms with Crippen LogP contribution in [0.1, 0.15) is 31.0 Å². The predicted octanol–water partition coefficient (Wildman–Crippen LogP) is 2.05. The third-order valence-electron chi connectivity index (χ3n) is 3.04. The molecule has 0 saturated carbocycles. The molecule has 2 N–H and O–H groups in total. The average molecular weight is 208 g/mol. The monoisotopic (exact) mass is 208 g/mol. The molecule has 0 spiro atoms. The van der Waals surface area contributed by atoms with Gasteiger partial charge in [-0.15, -0.1) is 0 Å². The maximum Gasteiger partial charge on any atom is 0.123 e. The van der Waals surface area contributed by atoms with Gasteiger partial charge in [-0.3, -0.25) is 4.90 Å². The maximum absolute atomic E-state index is 13.1. The molecule has 2 rings (SSSR count). The molecule has 0 aromatic heterocycles. The topological polar surface area (TPSA) is 29.3 Å². The zero-order chi connectivity index (χ0) is 11.0. The fraction of sp³-hybridized carbons (Fsp3) is 0.500. The van der Waals surface area contributed by atoms with E-state index < -0.39 is 0 Å². The van der Waals surface area contributed by atoms with Crippen molar-refractivity contribution in [1.29, 1.82) is 0 Å². The van der Waals surface area contributed by atoms with E-state index in [1.165, 1.54) is 6.07 Å². The summed E-state index contributed by atoms with van der Waals surface area (Å²) in [5.74, 6) is -0.192. The Hall–Kier alpha value is -0.930. The lowest BCUT2D eigenvalue weighted by Crippen LogP contribution is -2.40. The predicted molar refractivity (Wildman–Crippen MR) is 58.9 cm³/mol. The van der Waals surface area contributed by atoms with Gasteiger partial charge in [-0.25, -0.2) is 4.39 Å². The molecule has 0 saturated heterocycles. The van der Waals surface area contributed by atoms with Crippen LogP contribution in [0, 0.1) is 5.82 Å². The van der Waals surface area contributed by atoms with Crippen molar-refractivity contribution in [3.63, 3.8) is 0 Å². The first kappa shape index (κ1) is 10.6. The van der Waals surface area contributed by atoms with Gasteiger partial charge in [-0.2, -0.15) is 0 Å². The summed E-state index contributed by atoms with van der Waals surface area (Å²) in [6.45, 7) is 6.00. The molecule has 0 amide bonds. The van der Waals surface area contributed by atoms with E-state index >= 15 is 0 Å². The molecule has 1 aromatic carbocycles. The first-order valence-corrected chi connectivity index (χ1v) is 5.36. The smallest absolute Gasteiger partial charge is 0.123 e. The van der Waals surface area contributed by atoms with Crippen LogP contribution in [0.25, 0.3) is 0 Å². The molecule has 1 unspecified atom stereocenters. The lowest BCUT2D eigenvalue weighted by atomic mass is 9.95.